The summed E-state index contributed by atoms with van der Waals surface area (Å²) in [6, 6.07) is 5.50. The van der Waals surface area contributed by atoms with Gasteiger partial charge in [0, 0.05) is 21.6 Å². The SMILES string of the molecule is Cc1noc(C)c1CN(C)C(=O)c1ccc(Br)cc1Br. The van der Waals surface area contributed by atoms with Crippen LogP contribution >= 0.6 is 31.9 Å². The van der Waals surface area contributed by atoms with Crippen molar-refractivity contribution in [2.75, 3.05) is 7.05 Å². The Morgan fingerprint density at radius 2 is 2.05 bits per heavy atom. The molecule has 4 nitrogen and oxygen atoms in total. The fraction of sp³-hybridized carbons (Fsp3) is 0.286. The molecular weight excluding hydrogens is 388 g/mol. The van der Waals surface area contributed by atoms with Crippen molar-refractivity contribution < 1.29 is 9.32 Å². The fourth-order valence-corrected chi connectivity index (χ4v) is 3.12. The first-order chi connectivity index (χ1) is 9.40. The number of aromatic nitrogens is 1. The minimum Gasteiger partial charge on any atom is -0.361 e. The first kappa shape index (κ1) is 15.3. The van der Waals surface area contributed by atoms with Gasteiger partial charge in [-0.2, -0.15) is 0 Å². The van der Waals surface area contributed by atoms with Gasteiger partial charge in [-0.05, 0) is 48.0 Å². The Morgan fingerprint density at radius 3 is 2.60 bits per heavy atom. The Hall–Kier alpha value is -1.14. The molecule has 1 aromatic carbocycles. The summed E-state index contributed by atoms with van der Waals surface area (Å²) in [5.41, 5.74) is 2.40. The van der Waals surface area contributed by atoms with Crippen LogP contribution in [-0.4, -0.2) is 23.0 Å². The number of halogens is 2. The zero-order valence-corrected chi connectivity index (χ0v) is 14.6. The first-order valence-corrected chi connectivity index (χ1v) is 7.61. The summed E-state index contributed by atoms with van der Waals surface area (Å²) in [7, 11) is 1.77. The molecule has 0 saturated heterocycles. The maximum absolute atomic E-state index is 12.5. The Kier molecular flexibility index (Phi) is 4.65. The Morgan fingerprint density at radius 1 is 1.35 bits per heavy atom. The van der Waals surface area contributed by atoms with Crippen molar-refractivity contribution in [3.63, 3.8) is 0 Å². The summed E-state index contributed by atoms with van der Waals surface area (Å²) in [5, 5.41) is 3.90. The lowest BCUT2D eigenvalue weighted by Gasteiger charge is -2.18. The van der Waals surface area contributed by atoms with Crippen molar-refractivity contribution in [1.29, 1.82) is 0 Å². The van der Waals surface area contributed by atoms with E-state index in [2.05, 4.69) is 37.0 Å². The average molecular weight is 402 g/mol. The highest BCUT2D eigenvalue weighted by molar-refractivity contribution is 9.11. The summed E-state index contributed by atoms with van der Waals surface area (Å²) in [6.45, 7) is 4.20. The van der Waals surface area contributed by atoms with Crippen LogP contribution in [0.5, 0.6) is 0 Å². The van der Waals surface area contributed by atoms with Gasteiger partial charge in [0.1, 0.15) is 5.76 Å². The lowest BCUT2D eigenvalue weighted by atomic mass is 10.1. The van der Waals surface area contributed by atoms with E-state index in [9.17, 15) is 4.79 Å². The second kappa shape index (κ2) is 6.10. The van der Waals surface area contributed by atoms with E-state index in [1.54, 1.807) is 18.0 Å². The van der Waals surface area contributed by atoms with Crippen LogP contribution < -0.4 is 0 Å². The van der Waals surface area contributed by atoms with Gasteiger partial charge in [0.2, 0.25) is 0 Å². The molecule has 0 bridgehead atoms. The predicted octanol–water partition coefficient (Wildman–Crippen LogP) is 4.09. The quantitative estimate of drug-likeness (QED) is 0.778. The normalized spacial score (nSPS) is 10.7. The van der Waals surface area contributed by atoms with Crippen molar-refractivity contribution in [3.8, 4) is 0 Å². The molecule has 20 heavy (non-hydrogen) atoms. The van der Waals surface area contributed by atoms with Crippen LogP contribution in [0.1, 0.15) is 27.4 Å². The third-order valence-corrected chi connectivity index (χ3v) is 4.23. The van der Waals surface area contributed by atoms with Crippen LogP contribution in [0.3, 0.4) is 0 Å². The zero-order chi connectivity index (χ0) is 14.9. The minimum atomic E-state index is -0.0515. The maximum atomic E-state index is 12.5. The number of amides is 1. The number of carbonyl (C=O) groups is 1. The predicted molar refractivity (Wildman–Crippen MR) is 83.6 cm³/mol. The van der Waals surface area contributed by atoms with E-state index in [-0.39, 0.29) is 5.91 Å². The molecule has 0 spiro atoms. The highest BCUT2D eigenvalue weighted by atomic mass is 79.9. The van der Waals surface area contributed by atoms with Gasteiger partial charge in [0.25, 0.3) is 5.91 Å². The van der Waals surface area contributed by atoms with E-state index in [0.29, 0.717) is 12.1 Å². The number of benzene rings is 1. The molecule has 0 aliphatic rings. The molecule has 6 heteroatoms. The van der Waals surface area contributed by atoms with Gasteiger partial charge < -0.3 is 9.42 Å². The van der Waals surface area contributed by atoms with Gasteiger partial charge >= 0.3 is 0 Å². The summed E-state index contributed by atoms with van der Waals surface area (Å²) in [5.74, 6) is 0.696. The smallest absolute Gasteiger partial charge is 0.255 e. The standard InChI is InChI=1S/C14H14Br2N2O2/c1-8-12(9(2)20-17-8)7-18(3)14(19)11-5-4-10(15)6-13(11)16/h4-6H,7H2,1-3H3. The van der Waals surface area contributed by atoms with Gasteiger partial charge in [-0.15, -0.1) is 0 Å². The number of carbonyl (C=O) groups excluding carboxylic acids is 1. The molecule has 0 aliphatic heterocycles. The Bertz CT molecular complexity index is 633. The van der Waals surface area contributed by atoms with Crippen molar-refractivity contribution in [2.24, 2.45) is 0 Å². The van der Waals surface area contributed by atoms with E-state index < -0.39 is 0 Å². The third-order valence-electron chi connectivity index (χ3n) is 3.08. The summed E-state index contributed by atoms with van der Waals surface area (Å²) >= 11 is 6.79. The summed E-state index contributed by atoms with van der Waals surface area (Å²) < 4.78 is 6.81. The highest BCUT2D eigenvalue weighted by Gasteiger charge is 2.18. The van der Waals surface area contributed by atoms with Crippen LogP contribution in [0, 0.1) is 13.8 Å². The second-order valence-electron chi connectivity index (χ2n) is 4.59. The monoisotopic (exact) mass is 400 g/mol. The number of rotatable bonds is 3. The first-order valence-electron chi connectivity index (χ1n) is 6.02. The zero-order valence-electron chi connectivity index (χ0n) is 11.4. The molecule has 0 saturated carbocycles. The topological polar surface area (TPSA) is 46.3 Å². The number of hydrogen-bond acceptors (Lipinski definition) is 3. The summed E-state index contributed by atoms with van der Waals surface area (Å²) in [4.78, 5) is 14.1. The molecule has 0 aliphatic carbocycles. The number of hydrogen-bond donors (Lipinski definition) is 0. The van der Waals surface area contributed by atoms with Crippen molar-refractivity contribution in [1.82, 2.24) is 10.1 Å². The van der Waals surface area contributed by atoms with E-state index >= 15 is 0 Å². The molecule has 1 amide bonds. The molecule has 0 N–H and O–H groups in total. The lowest BCUT2D eigenvalue weighted by molar-refractivity contribution is 0.0783. The van der Waals surface area contributed by atoms with Gasteiger partial charge in [-0.25, -0.2) is 0 Å². The van der Waals surface area contributed by atoms with E-state index in [0.717, 1.165) is 26.0 Å². The van der Waals surface area contributed by atoms with Crippen LogP contribution in [0.4, 0.5) is 0 Å². The van der Waals surface area contributed by atoms with Crippen LogP contribution in [0.25, 0.3) is 0 Å². The van der Waals surface area contributed by atoms with Crippen LogP contribution in [0.15, 0.2) is 31.7 Å². The average Bonchev–Trinajstić information content (AvgIpc) is 2.70. The Balaban J connectivity index is 2.21. The molecule has 1 heterocycles. The molecular formula is C14H14Br2N2O2. The van der Waals surface area contributed by atoms with Crippen molar-refractivity contribution in [3.05, 3.63) is 49.7 Å². The fourth-order valence-electron chi connectivity index (χ4n) is 1.91. The number of nitrogens with zero attached hydrogens (tertiary/aromatic N) is 2. The molecule has 2 aromatic rings. The molecule has 106 valence electrons. The molecule has 0 atom stereocenters. The van der Waals surface area contributed by atoms with Gasteiger partial charge in [0.05, 0.1) is 17.8 Å². The molecule has 2 rings (SSSR count). The van der Waals surface area contributed by atoms with E-state index in [4.69, 9.17) is 4.52 Å². The second-order valence-corrected chi connectivity index (χ2v) is 6.36. The lowest BCUT2D eigenvalue weighted by Crippen LogP contribution is -2.27. The minimum absolute atomic E-state index is 0.0515. The van der Waals surface area contributed by atoms with Crippen molar-refractivity contribution in [2.45, 2.75) is 20.4 Å². The number of aryl methyl sites for hydroxylation is 2. The van der Waals surface area contributed by atoms with E-state index in [1.165, 1.54) is 0 Å². The van der Waals surface area contributed by atoms with E-state index in [1.807, 2.05) is 26.0 Å². The Labute approximate surface area is 134 Å². The van der Waals surface area contributed by atoms with Gasteiger partial charge in [-0.3, -0.25) is 4.79 Å². The highest BCUT2D eigenvalue weighted by Crippen LogP contribution is 2.24. The van der Waals surface area contributed by atoms with Gasteiger partial charge in [-0.1, -0.05) is 21.1 Å². The van der Waals surface area contributed by atoms with Crippen LogP contribution in [0.2, 0.25) is 0 Å². The third kappa shape index (κ3) is 3.12. The molecule has 0 fully saturated rings. The maximum Gasteiger partial charge on any atom is 0.255 e. The van der Waals surface area contributed by atoms with Crippen molar-refractivity contribution >= 4 is 37.8 Å². The van der Waals surface area contributed by atoms with Gasteiger partial charge in [0.15, 0.2) is 0 Å². The molecule has 0 radical (unpaired) electrons. The largest absolute Gasteiger partial charge is 0.361 e. The van der Waals surface area contributed by atoms with Crippen LogP contribution in [-0.2, 0) is 6.54 Å². The molecule has 1 aromatic heterocycles. The molecule has 0 unspecified atom stereocenters. The summed E-state index contributed by atoms with van der Waals surface area (Å²) in [6.07, 6.45) is 0.